The quantitative estimate of drug-likeness (QED) is 0.827. The molecule has 0 heterocycles. The van der Waals surface area contributed by atoms with E-state index in [-0.39, 0.29) is 5.82 Å². The van der Waals surface area contributed by atoms with Gasteiger partial charge in [0.2, 0.25) is 0 Å². The Bertz CT molecular complexity index is 564. The minimum Gasteiger partial charge on any atom is -0.496 e. The molecule has 0 amide bonds. The van der Waals surface area contributed by atoms with Gasteiger partial charge in [0.05, 0.1) is 25.9 Å². The van der Waals surface area contributed by atoms with Crippen LogP contribution in [0.5, 0.6) is 11.5 Å². The van der Waals surface area contributed by atoms with Gasteiger partial charge in [0.25, 0.3) is 0 Å². The van der Waals surface area contributed by atoms with Crippen LogP contribution in [0.3, 0.4) is 0 Å². The van der Waals surface area contributed by atoms with Crippen LogP contribution in [0.15, 0.2) is 47.4 Å². The van der Waals surface area contributed by atoms with Crippen molar-refractivity contribution >= 4 is 11.8 Å². The van der Waals surface area contributed by atoms with Crippen LogP contribution < -0.4 is 9.47 Å². The van der Waals surface area contributed by atoms with Crippen molar-refractivity contribution in [1.29, 1.82) is 0 Å². The Morgan fingerprint density at radius 3 is 2.14 bits per heavy atom. The van der Waals surface area contributed by atoms with Crippen LogP contribution in [0, 0.1) is 5.82 Å². The summed E-state index contributed by atoms with van der Waals surface area (Å²) in [6, 6.07) is 11.5. The van der Waals surface area contributed by atoms with E-state index in [1.165, 1.54) is 23.9 Å². The summed E-state index contributed by atoms with van der Waals surface area (Å²) >= 11 is 1.44. The summed E-state index contributed by atoms with van der Waals surface area (Å²) in [6.45, 7) is 0. The Hall–Kier alpha value is -1.72. The van der Waals surface area contributed by atoms with E-state index < -0.39 is 6.10 Å². The highest BCUT2D eigenvalue weighted by Crippen LogP contribution is 2.36. The molecule has 0 aliphatic rings. The number of aliphatic hydroxyl groups is 1. The van der Waals surface area contributed by atoms with Crippen molar-refractivity contribution in [3.8, 4) is 11.5 Å². The Kier molecular flexibility index (Phi) is 5.47. The summed E-state index contributed by atoms with van der Waals surface area (Å²) in [5.41, 5.74) is 0.622. The summed E-state index contributed by atoms with van der Waals surface area (Å²) in [4.78, 5) is 0.893. The van der Waals surface area contributed by atoms with Crippen LogP contribution >= 0.6 is 11.8 Å². The van der Waals surface area contributed by atoms with Gasteiger partial charge in [-0.1, -0.05) is 6.07 Å². The molecule has 1 atom stereocenters. The molecular formula is C16H17FO3S. The lowest BCUT2D eigenvalue weighted by molar-refractivity contribution is 0.193. The number of thioether (sulfide) groups is 1. The summed E-state index contributed by atoms with van der Waals surface area (Å²) in [7, 11) is 3.11. The maximum Gasteiger partial charge on any atom is 0.128 e. The Labute approximate surface area is 127 Å². The monoisotopic (exact) mass is 308 g/mol. The molecule has 0 fully saturated rings. The highest BCUT2D eigenvalue weighted by Gasteiger charge is 2.18. The topological polar surface area (TPSA) is 38.7 Å². The first-order valence-electron chi connectivity index (χ1n) is 6.43. The SMILES string of the molecule is COc1cccc(OC)c1C(O)CSc1ccc(F)cc1. The molecule has 0 spiro atoms. The second-order valence-electron chi connectivity index (χ2n) is 4.36. The van der Waals surface area contributed by atoms with Gasteiger partial charge in [-0.05, 0) is 36.4 Å². The summed E-state index contributed by atoms with van der Waals surface area (Å²) < 4.78 is 23.4. The average molecular weight is 308 g/mol. The number of hydrogen-bond acceptors (Lipinski definition) is 4. The maximum atomic E-state index is 12.9. The van der Waals surface area contributed by atoms with Crippen molar-refractivity contribution in [3.05, 3.63) is 53.8 Å². The molecule has 0 saturated heterocycles. The first-order valence-corrected chi connectivity index (χ1v) is 7.41. The molecule has 0 saturated carbocycles. The van der Waals surface area contributed by atoms with E-state index in [9.17, 15) is 9.50 Å². The van der Waals surface area contributed by atoms with Crippen molar-refractivity contribution in [3.63, 3.8) is 0 Å². The standard InChI is InChI=1S/C16H17FO3S/c1-19-14-4-3-5-15(20-2)16(14)13(18)10-21-12-8-6-11(17)7-9-12/h3-9,13,18H,10H2,1-2H3. The van der Waals surface area contributed by atoms with Gasteiger partial charge in [-0.25, -0.2) is 4.39 Å². The average Bonchev–Trinajstić information content (AvgIpc) is 2.53. The van der Waals surface area contributed by atoms with Crippen molar-refractivity contribution < 1.29 is 19.0 Å². The molecule has 21 heavy (non-hydrogen) atoms. The van der Waals surface area contributed by atoms with Gasteiger partial charge in [-0.2, -0.15) is 0 Å². The predicted molar refractivity (Wildman–Crippen MR) is 81.6 cm³/mol. The maximum absolute atomic E-state index is 12.9. The molecule has 1 N–H and O–H groups in total. The molecule has 0 aliphatic carbocycles. The Balaban J connectivity index is 2.12. The van der Waals surface area contributed by atoms with Crippen molar-refractivity contribution in [2.75, 3.05) is 20.0 Å². The van der Waals surface area contributed by atoms with E-state index in [4.69, 9.17) is 9.47 Å². The van der Waals surface area contributed by atoms with Crippen LogP contribution in [0.2, 0.25) is 0 Å². The largest absolute Gasteiger partial charge is 0.496 e. The third kappa shape index (κ3) is 3.89. The van der Waals surface area contributed by atoms with Crippen LogP contribution in [0.1, 0.15) is 11.7 Å². The minimum atomic E-state index is -0.744. The number of hydrogen-bond donors (Lipinski definition) is 1. The van der Waals surface area contributed by atoms with Gasteiger partial charge in [-0.15, -0.1) is 11.8 Å². The molecule has 0 radical (unpaired) electrons. The number of methoxy groups -OCH3 is 2. The number of ether oxygens (including phenoxy) is 2. The van der Waals surface area contributed by atoms with Crippen LogP contribution in [0.25, 0.3) is 0 Å². The molecule has 1 unspecified atom stereocenters. The third-order valence-corrected chi connectivity index (χ3v) is 4.11. The van der Waals surface area contributed by atoms with E-state index in [2.05, 4.69) is 0 Å². The first kappa shape index (κ1) is 15.7. The zero-order valence-electron chi connectivity index (χ0n) is 11.9. The van der Waals surface area contributed by atoms with Gasteiger partial charge in [0.1, 0.15) is 17.3 Å². The first-order chi connectivity index (χ1) is 10.2. The molecule has 112 valence electrons. The van der Waals surface area contributed by atoms with E-state index in [1.54, 1.807) is 44.6 Å². The van der Waals surface area contributed by atoms with Gasteiger partial charge in [0, 0.05) is 10.6 Å². The molecule has 2 aromatic rings. The molecule has 2 aromatic carbocycles. The fourth-order valence-corrected chi connectivity index (χ4v) is 2.84. The normalized spacial score (nSPS) is 12.0. The van der Waals surface area contributed by atoms with E-state index in [0.717, 1.165) is 4.90 Å². The zero-order chi connectivity index (χ0) is 15.2. The van der Waals surface area contributed by atoms with E-state index in [1.807, 2.05) is 0 Å². The van der Waals surface area contributed by atoms with Crippen molar-refractivity contribution in [1.82, 2.24) is 0 Å². The summed E-state index contributed by atoms with van der Waals surface area (Å²) in [6.07, 6.45) is -0.744. The minimum absolute atomic E-state index is 0.272. The zero-order valence-corrected chi connectivity index (χ0v) is 12.7. The number of aliphatic hydroxyl groups excluding tert-OH is 1. The van der Waals surface area contributed by atoms with Gasteiger partial charge < -0.3 is 14.6 Å². The summed E-state index contributed by atoms with van der Waals surface area (Å²) in [5, 5.41) is 10.4. The van der Waals surface area contributed by atoms with Crippen LogP contribution in [-0.4, -0.2) is 25.1 Å². The molecule has 2 rings (SSSR count). The molecule has 0 bridgehead atoms. The smallest absolute Gasteiger partial charge is 0.128 e. The van der Waals surface area contributed by atoms with Gasteiger partial charge in [-0.3, -0.25) is 0 Å². The highest BCUT2D eigenvalue weighted by atomic mass is 32.2. The van der Waals surface area contributed by atoms with Crippen molar-refractivity contribution in [2.45, 2.75) is 11.0 Å². The van der Waals surface area contributed by atoms with E-state index in [0.29, 0.717) is 22.8 Å². The molecule has 0 aromatic heterocycles. The lowest BCUT2D eigenvalue weighted by atomic mass is 10.1. The fourth-order valence-electron chi connectivity index (χ4n) is 2.00. The summed E-state index contributed by atoms with van der Waals surface area (Å²) in [5.74, 6) is 1.32. The fraction of sp³-hybridized carbons (Fsp3) is 0.250. The number of halogens is 1. The Morgan fingerprint density at radius 1 is 1.05 bits per heavy atom. The third-order valence-electron chi connectivity index (χ3n) is 3.02. The van der Waals surface area contributed by atoms with E-state index >= 15 is 0 Å². The van der Waals surface area contributed by atoms with Gasteiger partial charge >= 0.3 is 0 Å². The Morgan fingerprint density at radius 2 is 1.62 bits per heavy atom. The molecular weight excluding hydrogens is 291 g/mol. The van der Waals surface area contributed by atoms with Crippen LogP contribution in [0.4, 0.5) is 4.39 Å². The highest BCUT2D eigenvalue weighted by molar-refractivity contribution is 7.99. The van der Waals surface area contributed by atoms with Crippen molar-refractivity contribution in [2.24, 2.45) is 0 Å². The second-order valence-corrected chi connectivity index (χ2v) is 5.45. The second kappa shape index (κ2) is 7.33. The number of benzene rings is 2. The lowest BCUT2D eigenvalue weighted by Gasteiger charge is -2.17. The lowest BCUT2D eigenvalue weighted by Crippen LogP contribution is -2.05. The molecule has 3 nitrogen and oxygen atoms in total. The molecule has 5 heteroatoms. The van der Waals surface area contributed by atoms with Gasteiger partial charge in [0.15, 0.2) is 0 Å². The predicted octanol–water partition coefficient (Wildman–Crippen LogP) is 3.67. The number of rotatable bonds is 6. The van der Waals surface area contributed by atoms with Crippen LogP contribution in [-0.2, 0) is 0 Å². The molecule has 0 aliphatic heterocycles.